The second-order valence-corrected chi connectivity index (χ2v) is 8.26. The van der Waals surface area contributed by atoms with Gasteiger partial charge in [0.25, 0.3) is 0 Å². The van der Waals surface area contributed by atoms with E-state index in [1.807, 2.05) is 60.7 Å². The van der Waals surface area contributed by atoms with Crippen LogP contribution >= 0.6 is 0 Å². The van der Waals surface area contributed by atoms with Crippen LogP contribution in [0.25, 0.3) is 0 Å². The summed E-state index contributed by atoms with van der Waals surface area (Å²) in [7, 11) is 0. The molecule has 0 saturated carbocycles. The second-order valence-electron chi connectivity index (χ2n) is 8.26. The van der Waals surface area contributed by atoms with Crippen LogP contribution in [0, 0.1) is 0 Å². The van der Waals surface area contributed by atoms with Crippen molar-refractivity contribution >= 4 is 0 Å². The van der Waals surface area contributed by atoms with E-state index in [1.165, 1.54) is 0 Å². The lowest BCUT2D eigenvalue weighted by Crippen LogP contribution is -2.39. The van der Waals surface area contributed by atoms with Crippen molar-refractivity contribution in [3.63, 3.8) is 0 Å². The van der Waals surface area contributed by atoms with Crippen LogP contribution < -0.4 is 0 Å². The first-order valence-electron chi connectivity index (χ1n) is 11.5. The highest BCUT2D eigenvalue weighted by Crippen LogP contribution is 2.31. The van der Waals surface area contributed by atoms with Gasteiger partial charge in [-0.05, 0) is 23.1 Å². The Morgan fingerprint density at radius 2 is 1.09 bits per heavy atom. The molecule has 1 heterocycles. The number of ether oxygens (including phenoxy) is 4. The quantitative estimate of drug-likeness (QED) is 0.335. The Bertz CT molecular complexity index is 945. The summed E-state index contributed by atoms with van der Waals surface area (Å²) in [6, 6.07) is 30.5. The molecular formula is C29H32O4. The zero-order valence-electron chi connectivity index (χ0n) is 18.9. The summed E-state index contributed by atoms with van der Waals surface area (Å²) in [5.74, 6) is 0. The lowest BCUT2D eigenvalue weighted by molar-refractivity contribution is -0.0898. The van der Waals surface area contributed by atoms with Crippen molar-refractivity contribution in [3.05, 3.63) is 120 Å². The van der Waals surface area contributed by atoms with Crippen LogP contribution in [-0.4, -0.2) is 31.0 Å². The molecule has 4 rings (SSSR count). The van der Waals surface area contributed by atoms with Crippen molar-refractivity contribution in [1.29, 1.82) is 0 Å². The summed E-state index contributed by atoms with van der Waals surface area (Å²) in [5.41, 5.74) is 3.38. The van der Waals surface area contributed by atoms with E-state index < -0.39 is 0 Å². The smallest absolute Gasteiger partial charge is 0.115 e. The molecule has 0 N–H and O–H groups in total. The molecule has 0 bridgehead atoms. The van der Waals surface area contributed by atoms with Crippen molar-refractivity contribution in [2.24, 2.45) is 0 Å². The number of rotatable bonds is 12. The fraction of sp³-hybridized carbons (Fsp3) is 0.310. The minimum atomic E-state index is -0.241. The Balaban J connectivity index is 1.45. The first-order valence-corrected chi connectivity index (χ1v) is 11.5. The van der Waals surface area contributed by atoms with Crippen LogP contribution in [0.2, 0.25) is 0 Å². The highest BCUT2D eigenvalue weighted by molar-refractivity contribution is 5.15. The molecule has 3 aromatic carbocycles. The summed E-state index contributed by atoms with van der Waals surface area (Å²) in [6.07, 6.45) is 1.78. The van der Waals surface area contributed by atoms with E-state index in [1.54, 1.807) is 0 Å². The van der Waals surface area contributed by atoms with Gasteiger partial charge in [-0.15, -0.1) is 6.58 Å². The zero-order valence-corrected chi connectivity index (χ0v) is 18.9. The Kier molecular flexibility index (Phi) is 8.84. The molecule has 0 radical (unpaired) electrons. The first-order chi connectivity index (χ1) is 16.3. The van der Waals surface area contributed by atoms with Gasteiger partial charge in [0.05, 0.1) is 32.5 Å². The Morgan fingerprint density at radius 1 is 0.636 bits per heavy atom. The third-order valence-corrected chi connectivity index (χ3v) is 5.77. The third-order valence-electron chi connectivity index (χ3n) is 5.77. The van der Waals surface area contributed by atoms with Crippen molar-refractivity contribution in [1.82, 2.24) is 0 Å². The van der Waals surface area contributed by atoms with E-state index in [0.29, 0.717) is 32.8 Å². The van der Waals surface area contributed by atoms with Crippen molar-refractivity contribution in [2.75, 3.05) is 6.61 Å². The molecule has 3 aromatic rings. The number of benzene rings is 3. The number of hydrogen-bond acceptors (Lipinski definition) is 4. The lowest BCUT2D eigenvalue weighted by Gasteiger charge is -2.25. The van der Waals surface area contributed by atoms with Crippen LogP contribution in [0.5, 0.6) is 0 Å². The van der Waals surface area contributed by atoms with E-state index in [2.05, 4.69) is 43.0 Å². The second kappa shape index (κ2) is 12.5. The molecular weight excluding hydrogens is 412 g/mol. The molecule has 1 aliphatic rings. The molecule has 33 heavy (non-hydrogen) atoms. The molecule has 4 nitrogen and oxygen atoms in total. The topological polar surface area (TPSA) is 36.9 Å². The third kappa shape index (κ3) is 6.86. The maximum Gasteiger partial charge on any atom is 0.115 e. The largest absolute Gasteiger partial charge is 0.374 e. The molecule has 0 aliphatic carbocycles. The normalized spacial score (nSPS) is 22.3. The van der Waals surface area contributed by atoms with E-state index in [4.69, 9.17) is 18.9 Å². The summed E-state index contributed by atoms with van der Waals surface area (Å²) < 4.78 is 25.2. The van der Waals surface area contributed by atoms with Crippen LogP contribution in [0.15, 0.2) is 104 Å². The van der Waals surface area contributed by atoms with Gasteiger partial charge in [-0.3, -0.25) is 0 Å². The van der Waals surface area contributed by atoms with E-state index in [-0.39, 0.29) is 24.4 Å². The highest BCUT2D eigenvalue weighted by atomic mass is 16.6. The van der Waals surface area contributed by atoms with Gasteiger partial charge < -0.3 is 18.9 Å². The first kappa shape index (κ1) is 23.4. The van der Waals surface area contributed by atoms with Gasteiger partial charge in [0, 0.05) is 0 Å². The summed E-state index contributed by atoms with van der Waals surface area (Å²) in [4.78, 5) is 0. The van der Waals surface area contributed by atoms with Gasteiger partial charge in [-0.2, -0.15) is 0 Å². The molecule has 1 aliphatic heterocycles. The maximum absolute atomic E-state index is 6.42. The number of hydrogen-bond donors (Lipinski definition) is 0. The molecule has 0 amide bonds. The van der Waals surface area contributed by atoms with Crippen molar-refractivity contribution < 1.29 is 18.9 Å². The Morgan fingerprint density at radius 3 is 1.58 bits per heavy atom. The molecule has 0 unspecified atom stereocenters. The van der Waals surface area contributed by atoms with Gasteiger partial charge in [0.2, 0.25) is 0 Å². The predicted octanol–water partition coefficient (Wildman–Crippen LogP) is 5.72. The minimum Gasteiger partial charge on any atom is -0.374 e. The molecule has 0 aromatic heterocycles. The van der Waals surface area contributed by atoms with Gasteiger partial charge in [-0.1, -0.05) is 97.1 Å². The fourth-order valence-electron chi connectivity index (χ4n) is 4.10. The van der Waals surface area contributed by atoms with E-state index in [9.17, 15) is 0 Å². The Labute approximate surface area is 196 Å². The zero-order chi connectivity index (χ0) is 22.7. The van der Waals surface area contributed by atoms with Gasteiger partial charge in [0.15, 0.2) is 0 Å². The fourth-order valence-corrected chi connectivity index (χ4v) is 4.10. The standard InChI is InChI=1S/C29H32O4/c1-2-12-26-28(31-20-24-15-8-4-9-16-24)29(32-21-25-17-10-5-11-18-25)27(33-26)22-30-19-23-13-6-3-7-14-23/h2-11,13-18,26-29H,1,12,19-22H2/t26-,27-,28+,29-/m1/s1. The SMILES string of the molecule is C=CC[C@H]1O[C@H](COCc2ccccc2)[C@@H](OCc2ccccc2)[C@H]1OCc1ccccc1. The van der Waals surface area contributed by atoms with E-state index in [0.717, 1.165) is 16.7 Å². The molecule has 1 saturated heterocycles. The maximum atomic E-state index is 6.42. The molecule has 0 spiro atoms. The van der Waals surface area contributed by atoms with Gasteiger partial charge in [-0.25, -0.2) is 0 Å². The highest BCUT2D eigenvalue weighted by Gasteiger charge is 2.45. The van der Waals surface area contributed by atoms with Crippen molar-refractivity contribution in [3.8, 4) is 0 Å². The van der Waals surface area contributed by atoms with E-state index >= 15 is 0 Å². The summed E-state index contributed by atoms with van der Waals surface area (Å²) >= 11 is 0. The van der Waals surface area contributed by atoms with Crippen LogP contribution in [0.3, 0.4) is 0 Å². The average Bonchev–Trinajstić information content (AvgIpc) is 3.19. The molecule has 4 heteroatoms. The monoisotopic (exact) mass is 444 g/mol. The van der Waals surface area contributed by atoms with Crippen molar-refractivity contribution in [2.45, 2.75) is 50.7 Å². The molecule has 1 fully saturated rings. The Hall–Kier alpha value is -2.76. The molecule has 4 atom stereocenters. The minimum absolute atomic E-state index is 0.127. The molecule has 172 valence electrons. The summed E-state index contributed by atoms with van der Waals surface area (Å²) in [6.45, 7) is 5.89. The summed E-state index contributed by atoms with van der Waals surface area (Å²) in [5, 5.41) is 0. The predicted molar refractivity (Wildman–Crippen MR) is 130 cm³/mol. The lowest BCUT2D eigenvalue weighted by atomic mass is 10.0. The van der Waals surface area contributed by atoms with Crippen LogP contribution in [0.1, 0.15) is 23.1 Å². The van der Waals surface area contributed by atoms with Crippen LogP contribution in [0.4, 0.5) is 0 Å². The van der Waals surface area contributed by atoms with Gasteiger partial charge in [0.1, 0.15) is 18.3 Å². The van der Waals surface area contributed by atoms with Gasteiger partial charge >= 0.3 is 0 Å². The average molecular weight is 445 g/mol. The van der Waals surface area contributed by atoms with Crippen LogP contribution in [-0.2, 0) is 38.8 Å².